The molecule has 0 saturated heterocycles. The minimum absolute atomic E-state index is 0.00818. The zero-order valence-electron chi connectivity index (χ0n) is 14.8. The molecule has 2 aromatic carbocycles. The smallest absolute Gasteiger partial charge is 0.240 e. The summed E-state index contributed by atoms with van der Waals surface area (Å²) in [7, 11) is -3.58. The molecule has 1 atom stereocenters. The summed E-state index contributed by atoms with van der Waals surface area (Å²) >= 11 is 0. The predicted molar refractivity (Wildman–Crippen MR) is 101 cm³/mol. The Labute approximate surface area is 154 Å². The Hall–Kier alpha value is -2.18. The van der Waals surface area contributed by atoms with Crippen LogP contribution in [-0.2, 0) is 14.8 Å². The second-order valence-electron chi connectivity index (χ2n) is 6.75. The van der Waals surface area contributed by atoms with E-state index in [0.717, 1.165) is 18.4 Å². The number of carbonyl (C=O) groups excluding carboxylic acids is 1. The third-order valence-corrected chi connectivity index (χ3v) is 6.02. The van der Waals surface area contributed by atoms with Gasteiger partial charge in [0.15, 0.2) is 0 Å². The molecule has 0 aromatic heterocycles. The number of amides is 1. The van der Waals surface area contributed by atoms with Gasteiger partial charge in [0.1, 0.15) is 0 Å². The van der Waals surface area contributed by atoms with Crippen molar-refractivity contribution >= 4 is 15.9 Å². The number of hydrogen-bond donors (Lipinski definition) is 2. The quantitative estimate of drug-likeness (QED) is 0.748. The van der Waals surface area contributed by atoms with Gasteiger partial charge in [-0.1, -0.05) is 48.0 Å². The van der Waals surface area contributed by atoms with Gasteiger partial charge < -0.3 is 5.32 Å². The molecule has 1 unspecified atom stereocenters. The molecule has 0 bridgehead atoms. The second-order valence-corrected chi connectivity index (χ2v) is 8.52. The van der Waals surface area contributed by atoms with Crippen molar-refractivity contribution in [3.05, 3.63) is 65.7 Å². The number of sulfonamides is 1. The molecule has 5 nitrogen and oxygen atoms in total. The first-order chi connectivity index (χ1) is 12.5. The van der Waals surface area contributed by atoms with Crippen LogP contribution in [0.5, 0.6) is 0 Å². The summed E-state index contributed by atoms with van der Waals surface area (Å²) in [6.07, 6.45) is 2.33. The lowest BCUT2D eigenvalue weighted by Crippen LogP contribution is -2.33. The number of benzene rings is 2. The Balaban J connectivity index is 1.54. The summed E-state index contributed by atoms with van der Waals surface area (Å²) in [5.41, 5.74) is 2.29. The van der Waals surface area contributed by atoms with Gasteiger partial charge in [-0.05, 0) is 43.4 Å². The predicted octanol–water partition coefficient (Wildman–Crippen LogP) is 2.93. The van der Waals surface area contributed by atoms with Crippen LogP contribution < -0.4 is 10.0 Å². The van der Waals surface area contributed by atoms with Crippen LogP contribution in [-0.4, -0.2) is 20.9 Å². The summed E-state index contributed by atoms with van der Waals surface area (Å²) in [4.78, 5) is 12.5. The van der Waals surface area contributed by atoms with E-state index < -0.39 is 10.0 Å². The van der Waals surface area contributed by atoms with E-state index in [1.54, 1.807) is 18.2 Å². The van der Waals surface area contributed by atoms with Crippen molar-refractivity contribution in [2.75, 3.05) is 6.54 Å². The number of hydrogen-bond acceptors (Lipinski definition) is 3. The molecule has 1 saturated carbocycles. The number of nitrogens with one attached hydrogen (secondary N) is 2. The molecule has 1 fully saturated rings. The maximum atomic E-state index is 12.3. The topological polar surface area (TPSA) is 75.3 Å². The van der Waals surface area contributed by atoms with Gasteiger partial charge in [-0.3, -0.25) is 4.79 Å². The minimum Gasteiger partial charge on any atom is -0.349 e. The van der Waals surface area contributed by atoms with Gasteiger partial charge in [-0.2, -0.15) is 0 Å². The molecular formula is C20H24N2O3S. The number of rotatable bonds is 8. The first kappa shape index (κ1) is 18.6. The zero-order valence-corrected chi connectivity index (χ0v) is 15.6. The molecule has 2 aromatic rings. The Morgan fingerprint density at radius 1 is 1.08 bits per heavy atom. The number of aryl methyl sites for hydroxylation is 1. The summed E-state index contributed by atoms with van der Waals surface area (Å²) in [6.45, 7) is 2.11. The molecular weight excluding hydrogens is 348 g/mol. The Morgan fingerprint density at radius 3 is 2.35 bits per heavy atom. The summed E-state index contributed by atoms with van der Waals surface area (Å²) < 4.78 is 26.8. The third kappa shape index (κ3) is 4.93. The Kier molecular flexibility index (Phi) is 5.74. The van der Waals surface area contributed by atoms with Crippen LogP contribution in [0, 0.1) is 12.8 Å². The summed E-state index contributed by atoms with van der Waals surface area (Å²) in [5, 5.41) is 3.07. The van der Waals surface area contributed by atoms with E-state index in [1.807, 2.05) is 19.1 Å². The fourth-order valence-electron chi connectivity index (χ4n) is 2.90. The summed E-state index contributed by atoms with van der Waals surface area (Å²) in [6, 6.07) is 16.4. The molecule has 138 valence electrons. The maximum absolute atomic E-state index is 12.3. The van der Waals surface area contributed by atoms with E-state index in [1.165, 1.54) is 17.7 Å². The molecule has 1 amide bonds. The fraction of sp³-hybridized carbons (Fsp3) is 0.350. The molecule has 1 aliphatic rings. The molecule has 1 aliphatic carbocycles. The van der Waals surface area contributed by atoms with E-state index in [0.29, 0.717) is 5.92 Å². The van der Waals surface area contributed by atoms with E-state index in [9.17, 15) is 13.2 Å². The summed E-state index contributed by atoms with van der Waals surface area (Å²) in [5.74, 6) is 0.334. The lowest BCUT2D eigenvalue weighted by atomic mass is 10.0. The van der Waals surface area contributed by atoms with E-state index >= 15 is 0 Å². The van der Waals surface area contributed by atoms with Gasteiger partial charge in [-0.15, -0.1) is 0 Å². The molecule has 0 radical (unpaired) electrons. The average Bonchev–Trinajstić information content (AvgIpc) is 3.46. The van der Waals surface area contributed by atoms with Crippen molar-refractivity contribution < 1.29 is 13.2 Å². The maximum Gasteiger partial charge on any atom is 0.240 e. The molecule has 3 rings (SSSR count). The highest BCUT2D eigenvalue weighted by Gasteiger charge is 2.33. The standard InChI is InChI=1S/C20H24N2O3S/c1-15-7-9-16(10-8-15)20(17-11-12-17)22-19(23)13-14-21-26(24,25)18-5-3-2-4-6-18/h2-10,17,20-21H,11-14H2,1H3,(H,22,23). The van der Waals surface area contributed by atoms with Gasteiger partial charge in [0, 0.05) is 13.0 Å². The van der Waals surface area contributed by atoms with Gasteiger partial charge >= 0.3 is 0 Å². The first-order valence-corrected chi connectivity index (χ1v) is 10.3. The SMILES string of the molecule is Cc1ccc(C(NC(=O)CCNS(=O)(=O)c2ccccc2)C2CC2)cc1. The zero-order chi connectivity index (χ0) is 18.6. The average molecular weight is 372 g/mol. The van der Waals surface area contributed by atoms with Crippen LogP contribution in [0.25, 0.3) is 0 Å². The van der Waals surface area contributed by atoms with Crippen LogP contribution >= 0.6 is 0 Å². The van der Waals surface area contributed by atoms with Gasteiger partial charge in [-0.25, -0.2) is 13.1 Å². The second kappa shape index (κ2) is 8.01. The highest BCUT2D eigenvalue weighted by atomic mass is 32.2. The lowest BCUT2D eigenvalue weighted by molar-refractivity contribution is -0.121. The van der Waals surface area contributed by atoms with Gasteiger partial charge in [0.25, 0.3) is 0 Å². The van der Waals surface area contributed by atoms with Crippen molar-refractivity contribution in [2.24, 2.45) is 5.92 Å². The highest BCUT2D eigenvalue weighted by molar-refractivity contribution is 7.89. The highest BCUT2D eigenvalue weighted by Crippen LogP contribution is 2.41. The van der Waals surface area contributed by atoms with Crippen molar-refractivity contribution in [1.29, 1.82) is 0 Å². The monoisotopic (exact) mass is 372 g/mol. The molecule has 0 spiro atoms. The van der Waals surface area contributed by atoms with Crippen LogP contribution in [0.1, 0.15) is 36.4 Å². The lowest BCUT2D eigenvalue weighted by Gasteiger charge is -2.19. The Morgan fingerprint density at radius 2 is 1.73 bits per heavy atom. The molecule has 26 heavy (non-hydrogen) atoms. The van der Waals surface area contributed by atoms with Crippen molar-refractivity contribution in [3.8, 4) is 0 Å². The van der Waals surface area contributed by atoms with Crippen molar-refractivity contribution in [2.45, 2.75) is 37.1 Å². The van der Waals surface area contributed by atoms with E-state index in [-0.39, 0.29) is 29.8 Å². The van der Waals surface area contributed by atoms with Crippen LogP contribution in [0.15, 0.2) is 59.5 Å². The first-order valence-electron chi connectivity index (χ1n) is 8.86. The van der Waals surface area contributed by atoms with Crippen LogP contribution in [0.4, 0.5) is 0 Å². The van der Waals surface area contributed by atoms with Crippen LogP contribution in [0.3, 0.4) is 0 Å². The van der Waals surface area contributed by atoms with Crippen molar-refractivity contribution in [1.82, 2.24) is 10.0 Å². The van der Waals surface area contributed by atoms with Crippen LogP contribution in [0.2, 0.25) is 0 Å². The Bertz CT molecular complexity index is 844. The minimum atomic E-state index is -3.58. The third-order valence-electron chi connectivity index (χ3n) is 4.54. The van der Waals surface area contributed by atoms with Gasteiger partial charge in [0.2, 0.25) is 15.9 Å². The molecule has 0 aliphatic heterocycles. The normalized spacial score (nSPS) is 15.4. The van der Waals surface area contributed by atoms with E-state index in [4.69, 9.17) is 0 Å². The molecule has 2 N–H and O–H groups in total. The largest absolute Gasteiger partial charge is 0.349 e. The molecule has 0 heterocycles. The van der Waals surface area contributed by atoms with Crippen molar-refractivity contribution in [3.63, 3.8) is 0 Å². The van der Waals surface area contributed by atoms with E-state index in [2.05, 4.69) is 22.2 Å². The van der Waals surface area contributed by atoms with Gasteiger partial charge in [0.05, 0.1) is 10.9 Å². The molecule has 6 heteroatoms. The number of carbonyl (C=O) groups is 1. The fourth-order valence-corrected chi connectivity index (χ4v) is 3.96.